The maximum atomic E-state index is 12.3. The van der Waals surface area contributed by atoms with Gasteiger partial charge in [-0.1, -0.05) is 32.0 Å². The monoisotopic (exact) mass is 372 g/mol. The SMILES string of the molecule is CCN(CC)CC(=O)Nc1cc(N(C)C)nc2ccccc12.Cl.Cl. The Morgan fingerprint density at radius 1 is 1.12 bits per heavy atom. The number of rotatable bonds is 6. The van der Waals surface area contributed by atoms with E-state index in [1.54, 1.807) is 0 Å². The highest BCUT2D eigenvalue weighted by Gasteiger charge is 2.12. The summed E-state index contributed by atoms with van der Waals surface area (Å²) in [5.41, 5.74) is 1.69. The first-order chi connectivity index (χ1) is 10.5. The number of nitrogens with zero attached hydrogens (tertiary/aromatic N) is 3. The van der Waals surface area contributed by atoms with Crippen LogP contribution in [0.1, 0.15) is 13.8 Å². The minimum absolute atomic E-state index is 0. The number of carbonyl (C=O) groups is 1. The number of fused-ring (bicyclic) bond motifs is 1. The van der Waals surface area contributed by atoms with Crippen LogP contribution in [0.5, 0.6) is 0 Å². The molecule has 0 fully saturated rings. The summed E-state index contributed by atoms with van der Waals surface area (Å²) in [6.45, 7) is 6.25. The van der Waals surface area contributed by atoms with Crippen LogP contribution in [0.25, 0.3) is 10.9 Å². The Morgan fingerprint density at radius 2 is 1.75 bits per heavy atom. The first kappa shape index (κ1) is 22.4. The molecule has 0 saturated heterocycles. The zero-order valence-corrected chi connectivity index (χ0v) is 16.2. The summed E-state index contributed by atoms with van der Waals surface area (Å²) in [5.74, 6) is 0.835. The molecule has 0 radical (unpaired) electrons. The second-order valence-electron chi connectivity index (χ2n) is 5.45. The molecular weight excluding hydrogens is 347 g/mol. The smallest absolute Gasteiger partial charge is 0.238 e. The van der Waals surface area contributed by atoms with Crippen LogP contribution in [-0.2, 0) is 4.79 Å². The van der Waals surface area contributed by atoms with Gasteiger partial charge in [0.05, 0.1) is 17.7 Å². The molecule has 0 saturated carbocycles. The molecule has 134 valence electrons. The first-order valence-corrected chi connectivity index (χ1v) is 7.64. The van der Waals surface area contributed by atoms with E-state index in [-0.39, 0.29) is 30.7 Å². The van der Waals surface area contributed by atoms with Crippen LogP contribution in [0, 0.1) is 0 Å². The number of anilines is 2. The molecule has 1 heterocycles. The van der Waals surface area contributed by atoms with E-state index in [9.17, 15) is 4.79 Å². The number of para-hydroxylation sites is 1. The number of aromatic nitrogens is 1. The van der Waals surface area contributed by atoms with Crippen LogP contribution in [0.3, 0.4) is 0 Å². The molecule has 0 unspecified atom stereocenters. The lowest BCUT2D eigenvalue weighted by molar-refractivity contribution is -0.117. The van der Waals surface area contributed by atoms with Crippen molar-refractivity contribution in [1.82, 2.24) is 9.88 Å². The third kappa shape index (κ3) is 5.51. The number of halogens is 2. The van der Waals surface area contributed by atoms with Crippen LogP contribution >= 0.6 is 24.8 Å². The Labute approximate surface area is 156 Å². The highest BCUT2D eigenvalue weighted by atomic mass is 35.5. The van der Waals surface area contributed by atoms with Crippen molar-refractivity contribution in [1.29, 1.82) is 0 Å². The second kappa shape index (κ2) is 10.3. The van der Waals surface area contributed by atoms with Crippen molar-refractivity contribution < 1.29 is 4.79 Å². The number of carbonyl (C=O) groups excluding carboxylic acids is 1. The summed E-state index contributed by atoms with van der Waals surface area (Å²) in [6.07, 6.45) is 0. The lowest BCUT2D eigenvalue weighted by Gasteiger charge is -2.19. The summed E-state index contributed by atoms with van der Waals surface area (Å²) in [7, 11) is 3.89. The minimum Gasteiger partial charge on any atom is -0.363 e. The van der Waals surface area contributed by atoms with Crippen LogP contribution in [-0.4, -0.2) is 49.5 Å². The molecule has 2 aromatic rings. The number of nitrogens with one attached hydrogen (secondary N) is 1. The maximum absolute atomic E-state index is 12.3. The second-order valence-corrected chi connectivity index (χ2v) is 5.45. The van der Waals surface area contributed by atoms with Gasteiger partial charge in [-0.25, -0.2) is 4.98 Å². The Balaban J connectivity index is 0.00000264. The average molecular weight is 373 g/mol. The predicted octanol–water partition coefficient (Wildman–Crippen LogP) is 3.42. The number of pyridine rings is 1. The molecule has 24 heavy (non-hydrogen) atoms. The third-order valence-corrected chi connectivity index (χ3v) is 3.70. The molecular formula is C17H26Cl2N4O. The van der Waals surface area contributed by atoms with Crippen molar-refractivity contribution in [2.75, 3.05) is 43.9 Å². The van der Waals surface area contributed by atoms with Crippen LogP contribution in [0.4, 0.5) is 11.5 Å². The average Bonchev–Trinajstić information content (AvgIpc) is 2.52. The zero-order chi connectivity index (χ0) is 16.1. The summed E-state index contributed by atoms with van der Waals surface area (Å²) < 4.78 is 0. The van der Waals surface area contributed by atoms with Crippen LogP contribution in [0.2, 0.25) is 0 Å². The molecule has 0 bridgehead atoms. The van der Waals surface area contributed by atoms with Gasteiger partial charge in [0.25, 0.3) is 0 Å². The molecule has 1 aromatic carbocycles. The highest BCUT2D eigenvalue weighted by molar-refractivity contribution is 6.02. The van der Waals surface area contributed by atoms with E-state index in [0.29, 0.717) is 6.54 Å². The molecule has 2 rings (SSSR count). The van der Waals surface area contributed by atoms with E-state index in [1.807, 2.05) is 49.3 Å². The molecule has 0 aliphatic heterocycles. The van der Waals surface area contributed by atoms with Gasteiger partial charge in [-0.3, -0.25) is 9.69 Å². The molecule has 1 N–H and O–H groups in total. The molecule has 0 atom stereocenters. The third-order valence-electron chi connectivity index (χ3n) is 3.70. The van der Waals surface area contributed by atoms with Crippen molar-refractivity contribution in [3.05, 3.63) is 30.3 Å². The van der Waals surface area contributed by atoms with E-state index in [1.165, 1.54) is 0 Å². The van der Waals surface area contributed by atoms with Gasteiger partial charge < -0.3 is 10.2 Å². The standard InChI is InChI=1S/C17H24N4O.2ClH/c1-5-21(6-2)12-17(22)19-15-11-16(20(3)4)18-14-10-8-7-9-13(14)15;;/h7-11H,5-6,12H2,1-4H3,(H,18,19,22);2*1H. The quantitative estimate of drug-likeness (QED) is 0.843. The van der Waals surface area contributed by atoms with Crippen molar-refractivity contribution >= 4 is 53.1 Å². The van der Waals surface area contributed by atoms with Gasteiger partial charge in [0, 0.05) is 25.5 Å². The van der Waals surface area contributed by atoms with Gasteiger partial charge in [-0.15, -0.1) is 24.8 Å². The van der Waals surface area contributed by atoms with Gasteiger partial charge in [0.2, 0.25) is 5.91 Å². The van der Waals surface area contributed by atoms with Crippen molar-refractivity contribution in [3.8, 4) is 0 Å². The van der Waals surface area contributed by atoms with Crippen LogP contribution < -0.4 is 10.2 Å². The topological polar surface area (TPSA) is 48.5 Å². The van der Waals surface area contributed by atoms with Gasteiger partial charge in [0.15, 0.2) is 0 Å². The maximum Gasteiger partial charge on any atom is 0.238 e. The number of amides is 1. The number of likely N-dealkylation sites (N-methyl/N-ethyl adjacent to an activating group) is 1. The fraction of sp³-hybridized carbons (Fsp3) is 0.412. The summed E-state index contributed by atoms with van der Waals surface area (Å²) in [5, 5.41) is 3.99. The fourth-order valence-corrected chi connectivity index (χ4v) is 2.33. The van der Waals surface area contributed by atoms with E-state index in [4.69, 9.17) is 0 Å². The first-order valence-electron chi connectivity index (χ1n) is 7.64. The molecule has 5 nitrogen and oxygen atoms in total. The molecule has 0 aliphatic carbocycles. The molecule has 1 aromatic heterocycles. The predicted molar refractivity (Wildman–Crippen MR) is 107 cm³/mol. The van der Waals surface area contributed by atoms with Gasteiger partial charge >= 0.3 is 0 Å². The number of hydrogen-bond acceptors (Lipinski definition) is 4. The van der Waals surface area contributed by atoms with E-state index >= 15 is 0 Å². The Hall–Kier alpha value is -1.56. The molecule has 0 spiro atoms. The lowest BCUT2D eigenvalue weighted by atomic mass is 10.1. The van der Waals surface area contributed by atoms with Gasteiger partial charge in [-0.2, -0.15) is 0 Å². The van der Waals surface area contributed by atoms with Crippen molar-refractivity contribution in [2.24, 2.45) is 0 Å². The highest BCUT2D eigenvalue weighted by Crippen LogP contribution is 2.26. The van der Waals surface area contributed by atoms with E-state index < -0.39 is 0 Å². The van der Waals surface area contributed by atoms with E-state index in [0.717, 1.165) is 35.5 Å². The van der Waals surface area contributed by atoms with Gasteiger partial charge in [-0.05, 0) is 19.2 Å². The summed E-state index contributed by atoms with van der Waals surface area (Å²) in [4.78, 5) is 20.9. The molecule has 0 aliphatic rings. The Kier molecular flexibility index (Phi) is 9.66. The van der Waals surface area contributed by atoms with Gasteiger partial charge in [0.1, 0.15) is 5.82 Å². The molecule has 1 amide bonds. The van der Waals surface area contributed by atoms with Crippen molar-refractivity contribution in [2.45, 2.75) is 13.8 Å². The van der Waals surface area contributed by atoms with Crippen LogP contribution in [0.15, 0.2) is 30.3 Å². The molecule has 7 heteroatoms. The Bertz CT molecular complexity index is 660. The largest absolute Gasteiger partial charge is 0.363 e. The minimum atomic E-state index is 0. The van der Waals surface area contributed by atoms with Crippen molar-refractivity contribution in [3.63, 3.8) is 0 Å². The normalized spacial score (nSPS) is 10.0. The summed E-state index contributed by atoms with van der Waals surface area (Å²) in [6, 6.07) is 9.77. The number of benzene rings is 1. The summed E-state index contributed by atoms with van der Waals surface area (Å²) >= 11 is 0. The zero-order valence-electron chi connectivity index (χ0n) is 14.6. The lowest BCUT2D eigenvalue weighted by Crippen LogP contribution is -2.33. The fourth-order valence-electron chi connectivity index (χ4n) is 2.33. The Morgan fingerprint density at radius 3 is 2.33 bits per heavy atom. The number of hydrogen-bond donors (Lipinski definition) is 1. The van der Waals surface area contributed by atoms with E-state index in [2.05, 4.69) is 29.0 Å².